The van der Waals surface area contributed by atoms with E-state index in [2.05, 4.69) is 10.6 Å². The van der Waals surface area contributed by atoms with Gasteiger partial charge in [-0.15, -0.1) is 0 Å². The number of alkyl carbamates (subject to hydrolysis) is 1. The second-order valence-electron chi connectivity index (χ2n) is 7.67. The predicted molar refractivity (Wildman–Crippen MR) is 113 cm³/mol. The molecule has 0 saturated heterocycles. The number of hydrogen-bond donors (Lipinski definition) is 4. The van der Waals surface area contributed by atoms with Gasteiger partial charge in [0.1, 0.15) is 6.61 Å². The highest BCUT2D eigenvalue weighted by molar-refractivity contribution is 5.85. The lowest BCUT2D eigenvalue weighted by atomic mass is 9.98. The molecule has 8 nitrogen and oxygen atoms in total. The number of ether oxygens (including phenoxy) is 1. The van der Waals surface area contributed by atoms with E-state index in [4.69, 9.17) is 9.84 Å². The molecule has 2 aromatic carbocycles. The van der Waals surface area contributed by atoms with Gasteiger partial charge in [0.25, 0.3) is 0 Å². The topological polar surface area (TPSA) is 125 Å². The summed E-state index contributed by atoms with van der Waals surface area (Å²) in [5.41, 5.74) is 4.45. The van der Waals surface area contributed by atoms with E-state index < -0.39 is 36.0 Å². The molecule has 0 aliphatic heterocycles. The Morgan fingerprint density at radius 3 is 2.06 bits per heavy atom. The van der Waals surface area contributed by atoms with Crippen molar-refractivity contribution in [2.75, 3.05) is 13.2 Å². The molecule has 31 heavy (non-hydrogen) atoms. The van der Waals surface area contributed by atoms with Crippen LogP contribution in [0.15, 0.2) is 48.5 Å². The minimum absolute atomic E-state index is 0.0331. The lowest BCUT2D eigenvalue weighted by Gasteiger charge is -2.20. The number of aliphatic hydroxyl groups excluding tert-OH is 1. The zero-order chi connectivity index (χ0) is 22.5. The Morgan fingerprint density at radius 2 is 1.55 bits per heavy atom. The summed E-state index contributed by atoms with van der Waals surface area (Å²) in [6.45, 7) is 2.94. The molecule has 1 aliphatic rings. The van der Waals surface area contributed by atoms with E-state index in [1.165, 1.54) is 6.92 Å². The van der Waals surface area contributed by atoms with Gasteiger partial charge in [0.05, 0.1) is 12.0 Å². The zero-order valence-corrected chi connectivity index (χ0v) is 17.4. The van der Waals surface area contributed by atoms with Crippen LogP contribution < -0.4 is 10.6 Å². The van der Waals surface area contributed by atoms with Gasteiger partial charge in [0.15, 0.2) is 6.04 Å². The van der Waals surface area contributed by atoms with Crippen molar-refractivity contribution in [1.29, 1.82) is 0 Å². The molecule has 0 bridgehead atoms. The molecule has 3 rings (SSSR count). The van der Waals surface area contributed by atoms with E-state index in [-0.39, 0.29) is 19.1 Å². The number of nitrogens with one attached hydrogen (secondary N) is 2. The standard InChI is InChI=1S/C23H26N2O6/c1-13(21(27)25-20(14(2)26)22(28)29)11-24-23(30)31-12-19-17-9-5-3-7-15(17)16-8-4-6-10-18(16)19/h3-10,13-14,19-20,26H,11-12H2,1-2H3,(H,24,30)(H,25,27)(H,28,29). The maximum atomic E-state index is 12.2. The van der Waals surface area contributed by atoms with Gasteiger partial charge < -0.3 is 25.6 Å². The van der Waals surface area contributed by atoms with Crippen LogP contribution in [-0.2, 0) is 14.3 Å². The van der Waals surface area contributed by atoms with Crippen LogP contribution in [0.25, 0.3) is 11.1 Å². The quantitative estimate of drug-likeness (QED) is 0.512. The van der Waals surface area contributed by atoms with Crippen molar-refractivity contribution in [1.82, 2.24) is 10.6 Å². The van der Waals surface area contributed by atoms with Crippen molar-refractivity contribution in [3.8, 4) is 11.1 Å². The molecule has 3 atom stereocenters. The second kappa shape index (κ2) is 9.61. The summed E-state index contributed by atoms with van der Waals surface area (Å²) in [4.78, 5) is 35.4. The van der Waals surface area contributed by atoms with Crippen LogP contribution in [0.3, 0.4) is 0 Å². The van der Waals surface area contributed by atoms with Crippen molar-refractivity contribution < 1.29 is 29.3 Å². The molecular formula is C23H26N2O6. The molecule has 0 aromatic heterocycles. The van der Waals surface area contributed by atoms with Crippen molar-refractivity contribution >= 4 is 18.0 Å². The molecule has 0 spiro atoms. The van der Waals surface area contributed by atoms with Gasteiger partial charge in [-0.1, -0.05) is 55.5 Å². The average Bonchev–Trinajstić information content (AvgIpc) is 3.07. The number of carboxylic acids is 1. The molecule has 0 radical (unpaired) electrons. The summed E-state index contributed by atoms with van der Waals surface area (Å²) >= 11 is 0. The van der Waals surface area contributed by atoms with E-state index >= 15 is 0 Å². The number of carbonyl (C=O) groups is 3. The Hall–Kier alpha value is -3.39. The molecule has 0 heterocycles. The first-order valence-electron chi connectivity index (χ1n) is 10.1. The van der Waals surface area contributed by atoms with Crippen molar-refractivity contribution in [3.05, 3.63) is 59.7 Å². The largest absolute Gasteiger partial charge is 0.480 e. The lowest BCUT2D eigenvalue weighted by Crippen LogP contribution is -2.50. The predicted octanol–water partition coefficient (Wildman–Crippen LogP) is 2.11. The molecule has 2 aromatic rings. The number of aliphatic hydroxyl groups is 1. The highest BCUT2D eigenvalue weighted by Gasteiger charge is 2.30. The van der Waals surface area contributed by atoms with E-state index in [1.54, 1.807) is 6.92 Å². The molecule has 4 N–H and O–H groups in total. The highest BCUT2D eigenvalue weighted by atomic mass is 16.5. The summed E-state index contributed by atoms with van der Waals surface area (Å²) in [5.74, 6) is -2.70. The first-order chi connectivity index (χ1) is 14.8. The first kappa shape index (κ1) is 22.3. The van der Waals surface area contributed by atoms with Gasteiger partial charge in [-0.25, -0.2) is 9.59 Å². The lowest BCUT2D eigenvalue weighted by molar-refractivity contribution is -0.145. The third kappa shape index (κ3) is 5.03. The SMILES string of the molecule is CC(CNC(=O)OCC1c2ccccc2-c2ccccc21)C(=O)NC(C(=O)O)C(C)O. The molecular weight excluding hydrogens is 400 g/mol. The fourth-order valence-electron chi connectivity index (χ4n) is 3.66. The molecule has 1 aliphatic carbocycles. The number of carboxylic acid groups (broad SMARTS) is 1. The van der Waals surface area contributed by atoms with Crippen LogP contribution in [0.1, 0.15) is 30.9 Å². The van der Waals surface area contributed by atoms with E-state index in [0.29, 0.717) is 0 Å². The average molecular weight is 426 g/mol. The van der Waals surface area contributed by atoms with E-state index in [1.807, 2.05) is 48.5 Å². The number of fused-ring (bicyclic) bond motifs is 3. The first-order valence-corrected chi connectivity index (χ1v) is 10.1. The maximum Gasteiger partial charge on any atom is 0.407 e. The van der Waals surface area contributed by atoms with Gasteiger partial charge in [0, 0.05) is 12.5 Å². The van der Waals surface area contributed by atoms with Crippen LogP contribution in [0.4, 0.5) is 4.79 Å². The zero-order valence-electron chi connectivity index (χ0n) is 17.4. The maximum absolute atomic E-state index is 12.2. The molecule has 164 valence electrons. The van der Waals surface area contributed by atoms with Gasteiger partial charge in [-0.05, 0) is 29.2 Å². The molecule has 8 heteroatoms. The molecule has 3 unspecified atom stereocenters. The monoisotopic (exact) mass is 426 g/mol. The number of rotatable bonds is 8. The number of aliphatic carboxylic acids is 1. The minimum Gasteiger partial charge on any atom is -0.480 e. The Labute approximate surface area is 180 Å². The van der Waals surface area contributed by atoms with Crippen LogP contribution in [0.2, 0.25) is 0 Å². The van der Waals surface area contributed by atoms with Gasteiger partial charge in [0.2, 0.25) is 5.91 Å². The smallest absolute Gasteiger partial charge is 0.407 e. The summed E-state index contributed by atoms with van der Waals surface area (Å²) in [6.07, 6.45) is -1.91. The minimum atomic E-state index is -1.41. The van der Waals surface area contributed by atoms with Crippen LogP contribution in [0.5, 0.6) is 0 Å². The Balaban J connectivity index is 1.53. The second-order valence-corrected chi connectivity index (χ2v) is 7.67. The van der Waals surface area contributed by atoms with Gasteiger partial charge in [-0.2, -0.15) is 0 Å². The van der Waals surface area contributed by atoms with Crippen LogP contribution in [-0.4, -0.2) is 53.5 Å². The third-order valence-electron chi connectivity index (χ3n) is 5.39. The number of carbonyl (C=O) groups excluding carboxylic acids is 2. The van der Waals surface area contributed by atoms with Crippen molar-refractivity contribution in [2.45, 2.75) is 31.9 Å². The molecule has 0 saturated carbocycles. The normalized spacial score (nSPS) is 15.2. The van der Waals surface area contributed by atoms with Crippen LogP contribution >= 0.6 is 0 Å². The summed E-state index contributed by atoms with van der Waals surface area (Å²) in [6, 6.07) is 14.6. The summed E-state index contributed by atoms with van der Waals surface area (Å²) in [5, 5.41) is 23.3. The number of benzene rings is 2. The van der Waals surface area contributed by atoms with Gasteiger partial charge >= 0.3 is 12.1 Å². The van der Waals surface area contributed by atoms with E-state index in [9.17, 15) is 19.5 Å². The summed E-state index contributed by atoms with van der Waals surface area (Å²) < 4.78 is 5.41. The third-order valence-corrected chi connectivity index (χ3v) is 5.39. The number of hydrogen-bond acceptors (Lipinski definition) is 5. The Bertz CT molecular complexity index is 929. The van der Waals surface area contributed by atoms with E-state index in [0.717, 1.165) is 22.3 Å². The fraction of sp³-hybridized carbons (Fsp3) is 0.348. The fourth-order valence-corrected chi connectivity index (χ4v) is 3.66. The molecule has 0 fully saturated rings. The Kier molecular flexibility index (Phi) is 6.91. The van der Waals surface area contributed by atoms with Gasteiger partial charge in [-0.3, -0.25) is 4.79 Å². The number of amides is 2. The summed E-state index contributed by atoms with van der Waals surface area (Å²) in [7, 11) is 0. The highest BCUT2D eigenvalue weighted by Crippen LogP contribution is 2.44. The Morgan fingerprint density at radius 1 is 1.00 bits per heavy atom. The molecule has 2 amide bonds. The van der Waals surface area contributed by atoms with Crippen LogP contribution in [0, 0.1) is 5.92 Å². The van der Waals surface area contributed by atoms with Crippen molar-refractivity contribution in [2.24, 2.45) is 5.92 Å². The van der Waals surface area contributed by atoms with Crippen molar-refractivity contribution in [3.63, 3.8) is 0 Å².